The first-order valence-electron chi connectivity index (χ1n) is 7.68. The minimum Gasteiger partial charge on any atom is -0.444 e. The molecule has 1 atom stereocenters. The van der Waals surface area contributed by atoms with Gasteiger partial charge in [-0.1, -0.05) is 30.3 Å². The molecule has 0 saturated carbocycles. The number of likely N-dealkylation sites (tertiary alicyclic amines) is 1. The van der Waals surface area contributed by atoms with Crippen LogP contribution < -0.4 is 4.72 Å². The van der Waals surface area contributed by atoms with E-state index in [4.69, 9.17) is 4.74 Å². The molecule has 1 N–H and O–H groups in total. The van der Waals surface area contributed by atoms with Crippen LogP contribution in [0.25, 0.3) is 0 Å². The van der Waals surface area contributed by atoms with E-state index in [1.807, 2.05) is 30.3 Å². The van der Waals surface area contributed by atoms with E-state index in [1.54, 1.807) is 20.8 Å². The lowest BCUT2D eigenvalue weighted by molar-refractivity contribution is 0.0295. The summed E-state index contributed by atoms with van der Waals surface area (Å²) in [6.07, 6.45) is -0.0399. The van der Waals surface area contributed by atoms with E-state index in [9.17, 15) is 13.2 Å². The van der Waals surface area contributed by atoms with Gasteiger partial charge in [0.2, 0.25) is 10.0 Å². The summed E-state index contributed by atoms with van der Waals surface area (Å²) < 4.78 is 32.6. The summed E-state index contributed by atoms with van der Waals surface area (Å²) in [4.78, 5) is 13.5. The predicted octanol–water partition coefficient (Wildman–Crippen LogP) is 2.12. The van der Waals surface area contributed by atoms with Gasteiger partial charge >= 0.3 is 6.09 Å². The Balaban J connectivity index is 1.91. The van der Waals surface area contributed by atoms with Gasteiger partial charge in [0.15, 0.2) is 0 Å². The molecule has 0 aliphatic carbocycles. The SMILES string of the molecule is CC(C)(C)OC(=O)N1CC[C@H](S(=O)(=O)NCc2ccccc2)C1. The van der Waals surface area contributed by atoms with Crippen LogP contribution in [0, 0.1) is 0 Å². The van der Waals surface area contributed by atoms with Gasteiger partial charge in [0.1, 0.15) is 5.60 Å². The van der Waals surface area contributed by atoms with Crippen LogP contribution in [0.2, 0.25) is 0 Å². The molecule has 1 saturated heterocycles. The van der Waals surface area contributed by atoms with E-state index >= 15 is 0 Å². The fraction of sp³-hybridized carbons (Fsp3) is 0.562. The van der Waals surface area contributed by atoms with Crippen LogP contribution >= 0.6 is 0 Å². The summed E-state index contributed by atoms with van der Waals surface area (Å²) in [6.45, 7) is 6.18. The molecule has 0 unspecified atom stereocenters. The Kier molecular flexibility index (Phi) is 5.31. The zero-order chi connectivity index (χ0) is 17.1. The van der Waals surface area contributed by atoms with Crippen LogP contribution in [0.4, 0.5) is 4.79 Å². The van der Waals surface area contributed by atoms with Crippen molar-refractivity contribution in [3.05, 3.63) is 35.9 Å². The third-order valence-electron chi connectivity index (χ3n) is 3.56. The Morgan fingerprint density at radius 1 is 1.30 bits per heavy atom. The van der Waals surface area contributed by atoms with Crippen molar-refractivity contribution in [2.45, 2.75) is 44.6 Å². The maximum Gasteiger partial charge on any atom is 0.410 e. The number of amides is 1. The van der Waals surface area contributed by atoms with Crippen molar-refractivity contribution in [1.82, 2.24) is 9.62 Å². The maximum absolute atomic E-state index is 12.4. The van der Waals surface area contributed by atoms with Crippen molar-refractivity contribution in [2.24, 2.45) is 0 Å². The molecule has 1 aromatic carbocycles. The standard InChI is InChI=1S/C16H24N2O4S/c1-16(2,3)22-15(19)18-10-9-14(12-18)23(20,21)17-11-13-7-5-4-6-8-13/h4-8,14,17H,9-12H2,1-3H3/t14-/m0/s1. The Hall–Kier alpha value is -1.60. The Bertz CT molecular complexity index is 638. The Morgan fingerprint density at radius 3 is 2.57 bits per heavy atom. The average molecular weight is 340 g/mol. The van der Waals surface area contributed by atoms with Crippen LogP contribution in [0.3, 0.4) is 0 Å². The molecular weight excluding hydrogens is 316 g/mol. The Labute approximate surface area is 137 Å². The second kappa shape index (κ2) is 6.88. The van der Waals surface area contributed by atoms with Crippen molar-refractivity contribution < 1.29 is 17.9 Å². The fourth-order valence-electron chi connectivity index (χ4n) is 2.37. The lowest BCUT2D eigenvalue weighted by Gasteiger charge is -2.24. The number of hydrogen-bond acceptors (Lipinski definition) is 4. The molecule has 0 bridgehead atoms. The van der Waals surface area contributed by atoms with Crippen LogP contribution in [0.5, 0.6) is 0 Å². The first-order valence-corrected chi connectivity index (χ1v) is 9.22. The van der Waals surface area contributed by atoms with Crippen molar-refractivity contribution in [3.8, 4) is 0 Å². The van der Waals surface area contributed by atoms with Gasteiger partial charge in [-0.3, -0.25) is 0 Å². The number of nitrogens with one attached hydrogen (secondary N) is 1. The van der Waals surface area contributed by atoms with Gasteiger partial charge in [0.25, 0.3) is 0 Å². The molecular formula is C16H24N2O4S. The molecule has 0 radical (unpaired) electrons. The molecule has 7 heteroatoms. The average Bonchev–Trinajstić information content (AvgIpc) is 2.95. The number of rotatable bonds is 4. The number of sulfonamides is 1. The molecule has 23 heavy (non-hydrogen) atoms. The van der Waals surface area contributed by atoms with Gasteiger partial charge in [0.05, 0.1) is 5.25 Å². The van der Waals surface area contributed by atoms with Crippen LogP contribution in [-0.2, 0) is 21.3 Å². The van der Waals surface area contributed by atoms with Crippen molar-refractivity contribution in [3.63, 3.8) is 0 Å². The molecule has 0 aromatic heterocycles. The molecule has 1 aliphatic rings. The lowest BCUT2D eigenvalue weighted by atomic mass is 10.2. The first-order chi connectivity index (χ1) is 10.7. The van der Waals surface area contributed by atoms with E-state index in [2.05, 4.69) is 4.72 Å². The molecule has 1 heterocycles. The van der Waals surface area contributed by atoms with E-state index in [1.165, 1.54) is 4.90 Å². The van der Waals surface area contributed by atoms with Gasteiger partial charge in [-0.2, -0.15) is 0 Å². The molecule has 1 aliphatic heterocycles. The second-order valence-corrected chi connectivity index (χ2v) is 8.73. The second-order valence-electron chi connectivity index (χ2n) is 6.69. The van der Waals surface area contributed by atoms with Crippen LogP contribution in [0.1, 0.15) is 32.8 Å². The highest BCUT2D eigenvalue weighted by atomic mass is 32.2. The molecule has 2 rings (SSSR count). The quantitative estimate of drug-likeness (QED) is 0.911. The molecule has 1 fully saturated rings. The minimum absolute atomic E-state index is 0.166. The number of hydrogen-bond donors (Lipinski definition) is 1. The van der Waals surface area contributed by atoms with Crippen molar-refractivity contribution in [2.75, 3.05) is 13.1 Å². The van der Waals surface area contributed by atoms with Crippen molar-refractivity contribution in [1.29, 1.82) is 0 Å². The van der Waals surface area contributed by atoms with Gasteiger partial charge < -0.3 is 9.64 Å². The van der Waals surface area contributed by atoms with Gasteiger partial charge in [-0.25, -0.2) is 17.9 Å². The van der Waals surface area contributed by atoms with Gasteiger partial charge in [0, 0.05) is 19.6 Å². The number of carbonyl (C=O) groups is 1. The van der Waals surface area contributed by atoms with Crippen LogP contribution in [0.15, 0.2) is 30.3 Å². The fourth-order valence-corrected chi connectivity index (χ4v) is 3.77. The van der Waals surface area contributed by atoms with Gasteiger partial charge in [-0.15, -0.1) is 0 Å². The molecule has 128 valence electrons. The number of ether oxygens (including phenoxy) is 1. The topological polar surface area (TPSA) is 75.7 Å². The summed E-state index contributed by atoms with van der Waals surface area (Å²) in [5, 5.41) is -0.598. The smallest absolute Gasteiger partial charge is 0.410 e. The maximum atomic E-state index is 12.4. The third kappa shape index (κ3) is 5.21. The summed E-state index contributed by atoms with van der Waals surface area (Å²) in [7, 11) is -3.47. The van der Waals surface area contributed by atoms with E-state index in [0.717, 1.165) is 5.56 Å². The summed E-state index contributed by atoms with van der Waals surface area (Å²) >= 11 is 0. The zero-order valence-corrected chi connectivity index (χ0v) is 14.6. The summed E-state index contributed by atoms with van der Waals surface area (Å²) in [5.41, 5.74) is 0.317. The number of benzene rings is 1. The highest BCUT2D eigenvalue weighted by Gasteiger charge is 2.36. The molecule has 1 aromatic rings. The normalized spacial score (nSPS) is 18.9. The lowest BCUT2D eigenvalue weighted by Crippen LogP contribution is -2.39. The number of carbonyl (C=O) groups excluding carboxylic acids is 1. The number of nitrogens with zero attached hydrogens (tertiary/aromatic N) is 1. The monoisotopic (exact) mass is 340 g/mol. The van der Waals surface area contributed by atoms with E-state index in [-0.39, 0.29) is 13.1 Å². The largest absolute Gasteiger partial charge is 0.444 e. The summed E-state index contributed by atoms with van der Waals surface area (Å²) in [5.74, 6) is 0. The van der Waals surface area contributed by atoms with Crippen LogP contribution in [-0.4, -0.2) is 43.4 Å². The van der Waals surface area contributed by atoms with E-state index < -0.39 is 27.0 Å². The van der Waals surface area contributed by atoms with E-state index in [0.29, 0.717) is 13.0 Å². The zero-order valence-electron chi connectivity index (χ0n) is 13.8. The Morgan fingerprint density at radius 2 is 1.96 bits per heavy atom. The molecule has 6 nitrogen and oxygen atoms in total. The summed E-state index contributed by atoms with van der Waals surface area (Å²) in [6, 6.07) is 9.34. The highest BCUT2D eigenvalue weighted by Crippen LogP contribution is 2.19. The minimum atomic E-state index is -3.47. The van der Waals surface area contributed by atoms with Gasteiger partial charge in [-0.05, 0) is 32.8 Å². The third-order valence-corrected chi connectivity index (χ3v) is 5.36. The molecule has 1 amide bonds. The first kappa shape index (κ1) is 17.7. The highest BCUT2D eigenvalue weighted by molar-refractivity contribution is 7.90. The molecule has 0 spiro atoms. The predicted molar refractivity (Wildman–Crippen MR) is 88.4 cm³/mol. The van der Waals surface area contributed by atoms with Crippen molar-refractivity contribution >= 4 is 16.1 Å².